The van der Waals surface area contributed by atoms with Gasteiger partial charge in [0.15, 0.2) is 0 Å². The summed E-state index contributed by atoms with van der Waals surface area (Å²) in [7, 11) is 0. The van der Waals surface area contributed by atoms with Crippen LogP contribution in [0.1, 0.15) is 16.7 Å². The molecule has 2 aromatic rings. The fraction of sp³-hybridized carbons (Fsp3) is 0.200. The van der Waals surface area contributed by atoms with Crippen LogP contribution >= 0.6 is 11.6 Å². The first-order valence-corrected chi connectivity index (χ1v) is 6.60. The highest BCUT2D eigenvalue weighted by Crippen LogP contribution is 2.33. The van der Waals surface area contributed by atoms with Gasteiger partial charge in [-0.3, -0.25) is 4.79 Å². The maximum Gasteiger partial charge on any atom is 0.268 e. The topological polar surface area (TPSA) is 55.0 Å². The van der Waals surface area contributed by atoms with E-state index in [0.717, 1.165) is 23.3 Å². The van der Waals surface area contributed by atoms with E-state index < -0.39 is 0 Å². The van der Waals surface area contributed by atoms with Gasteiger partial charge in [-0.15, -0.1) is 0 Å². The van der Waals surface area contributed by atoms with Crippen LogP contribution in [0, 0.1) is 11.3 Å². The van der Waals surface area contributed by atoms with Crippen LogP contribution in [0.15, 0.2) is 35.3 Å². The third-order valence-electron chi connectivity index (χ3n) is 3.31. The summed E-state index contributed by atoms with van der Waals surface area (Å²) in [5.41, 5.74) is 1.76. The second kappa shape index (κ2) is 5.03. The zero-order valence-corrected chi connectivity index (χ0v) is 11.4. The SMILES string of the molecule is N#Cc1cccn(Cc2cc(Cl)cc3c2OCC3)c1=O. The monoisotopic (exact) mass is 286 g/mol. The summed E-state index contributed by atoms with van der Waals surface area (Å²) in [6.45, 7) is 0.979. The van der Waals surface area contributed by atoms with E-state index in [9.17, 15) is 4.79 Å². The third kappa shape index (κ3) is 2.17. The largest absolute Gasteiger partial charge is 0.493 e. The Morgan fingerprint density at radius 3 is 3.10 bits per heavy atom. The van der Waals surface area contributed by atoms with Crippen LogP contribution < -0.4 is 10.3 Å². The average molecular weight is 287 g/mol. The second-order valence-corrected chi connectivity index (χ2v) is 5.05. The summed E-state index contributed by atoms with van der Waals surface area (Å²) in [4.78, 5) is 12.1. The van der Waals surface area contributed by atoms with Crippen molar-refractivity contribution in [3.8, 4) is 11.8 Å². The molecule has 0 N–H and O–H groups in total. The molecular formula is C15H11ClN2O2. The molecule has 0 saturated heterocycles. The zero-order valence-electron chi connectivity index (χ0n) is 10.6. The highest BCUT2D eigenvalue weighted by Gasteiger charge is 2.18. The molecule has 0 bridgehead atoms. The maximum absolute atomic E-state index is 12.1. The molecular weight excluding hydrogens is 276 g/mol. The maximum atomic E-state index is 12.1. The van der Waals surface area contributed by atoms with Gasteiger partial charge in [0.1, 0.15) is 17.4 Å². The molecule has 1 aliphatic rings. The summed E-state index contributed by atoms with van der Waals surface area (Å²) in [6.07, 6.45) is 2.49. The molecule has 0 radical (unpaired) electrons. The van der Waals surface area contributed by atoms with Gasteiger partial charge >= 0.3 is 0 Å². The third-order valence-corrected chi connectivity index (χ3v) is 3.52. The van der Waals surface area contributed by atoms with Gasteiger partial charge < -0.3 is 9.30 Å². The highest BCUT2D eigenvalue weighted by atomic mass is 35.5. The molecule has 0 amide bonds. The Bertz CT molecular complexity index is 774. The normalized spacial score (nSPS) is 12.6. The number of rotatable bonds is 2. The predicted molar refractivity (Wildman–Crippen MR) is 75.2 cm³/mol. The van der Waals surface area contributed by atoms with Gasteiger partial charge in [-0.25, -0.2) is 0 Å². The molecule has 2 heterocycles. The summed E-state index contributed by atoms with van der Waals surface area (Å²) < 4.78 is 7.11. The lowest BCUT2D eigenvalue weighted by atomic mass is 10.1. The highest BCUT2D eigenvalue weighted by molar-refractivity contribution is 6.30. The van der Waals surface area contributed by atoms with Gasteiger partial charge in [0.05, 0.1) is 13.2 Å². The molecule has 0 unspecified atom stereocenters. The number of benzene rings is 1. The molecule has 0 spiro atoms. The number of fused-ring (bicyclic) bond motifs is 1. The number of halogens is 1. The molecule has 0 fully saturated rings. The number of hydrogen-bond donors (Lipinski definition) is 0. The van der Waals surface area contributed by atoms with Crippen LogP contribution in [-0.2, 0) is 13.0 Å². The minimum Gasteiger partial charge on any atom is -0.493 e. The van der Waals surface area contributed by atoms with E-state index in [1.54, 1.807) is 18.3 Å². The molecule has 20 heavy (non-hydrogen) atoms. The van der Waals surface area contributed by atoms with Crippen LogP contribution in [0.4, 0.5) is 0 Å². The molecule has 100 valence electrons. The Morgan fingerprint density at radius 2 is 2.30 bits per heavy atom. The molecule has 4 nitrogen and oxygen atoms in total. The van der Waals surface area contributed by atoms with Crippen molar-refractivity contribution in [3.05, 3.63) is 62.5 Å². The van der Waals surface area contributed by atoms with E-state index in [0.29, 0.717) is 18.2 Å². The number of hydrogen-bond acceptors (Lipinski definition) is 3. The van der Waals surface area contributed by atoms with Crippen LogP contribution in [-0.4, -0.2) is 11.2 Å². The van der Waals surface area contributed by atoms with Crippen molar-refractivity contribution < 1.29 is 4.74 Å². The molecule has 0 saturated carbocycles. The molecule has 0 atom stereocenters. The van der Waals surface area contributed by atoms with Crippen LogP contribution in [0.2, 0.25) is 5.02 Å². The zero-order chi connectivity index (χ0) is 14.1. The van der Waals surface area contributed by atoms with Gasteiger partial charge in [0.25, 0.3) is 5.56 Å². The Balaban J connectivity index is 2.05. The molecule has 3 rings (SSSR count). The van der Waals surface area contributed by atoms with Crippen molar-refractivity contribution >= 4 is 11.6 Å². The molecule has 0 aliphatic carbocycles. The average Bonchev–Trinajstić information content (AvgIpc) is 2.89. The first-order chi connectivity index (χ1) is 9.69. The van der Waals surface area contributed by atoms with Crippen LogP contribution in [0.25, 0.3) is 0 Å². The van der Waals surface area contributed by atoms with E-state index >= 15 is 0 Å². The van der Waals surface area contributed by atoms with E-state index in [4.69, 9.17) is 21.6 Å². The molecule has 1 aromatic carbocycles. The minimum absolute atomic E-state index is 0.132. The van der Waals surface area contributed by atoms with Crippen molar-refractivity contribution in [1.82, 2.24) is 4.57 Å². The lowest BCUT2D eigenvalue weighted by Gasteiger charge is -2.11. The van der Waals surface area contributed by atoms with Gasteiger partial charge in [-0.1, -0.05) is 11.6 Å². The quantitative estimate of drug-likeness (QED) is 0.851. The lowest BCUT2D eigenvalue weighted by Crippen LogP contribution is -2.22. The molecule has 1 aliphatic heterocycles. The van der Waals surface area contributed by atoms with Crippen molar-refractivity contribution in [2.75, 3.05) is 6.61 Å². The van der Waals surface area contributed by atoms with Crippen LogP contribution in [0.3, 0.4) is 0 Å². The van der Waals surface area contributed by atoms with E-state index in [2.05, 4.69) is 0 Å². The number of pyridine rings is 1. The number of aromatic nitrogens is 1. The summed E-state index contributed by atoms with van der Waals surface area (Å²) >= 11 is 6.10. The minimum atomic E-state index is -0.304. The Kier molecular flexibility index (Phi) is 3.21. The van der Waals surface area contributed by atoms with Crippen molar-refractivity contribution in [2.24, 2.45) is 0 Å². The van der Waals surface area contributed by atoms with Crippen molar-refractivity contribution in [1.29, 1.82) is 5.26 Å². The fourth-order valence-electron chi connectivity index (χ4n) is 2.39. The summed E-state index contributed by atoms with van der Waals surface area (Å²) in [6, 6.07) is 8.79. The van der Waals surface area contributed by atoms with Gasteiger partial charge in [0.2, 0.25) is 0 Å². The summed E-state index contributed by atoms with van der Waals surface area (Å²) in [5.74, 6) is 0.809. The number of nitriles is 1. The Labute approximate surface area is 120 Å². The Hall–Kier alpha value is -2.25. The van der Waals surface area contributed by atoms with E-state index in [-0.39, 0.29) is 11.1 Å². The number of ether oxygens (including phenoxy) is 1. The fourth-order valence-corrected chi connectivity index (χ4v) is 2.66. The smallest absolute Gasteiger partial charge is 0.268 e. The molecule has 1 aromatic heterocycles. The van der Waals surface area contributed by atoms with Crippen molar-refractivity contribution in [3.63, 3.8) is 0 Å². The predicted octanol–water partition coefficient (Wildman–Crippen LogP) is 2.36. The number of nitrogens with zero attached hydrogens (tertiary/aromatic N) is 2. The van der Waals surface area contributed by atoms with E-state index in [1.807, 2.05) is 12.1 Å². The standard InChI is InChI=1S/C15H11ClN2O2/c16-13-6-10-3-5-20-14(10)12(7-13)9-18-4-1-2-11(8-17)15(18)19/h1-2,4,6-7H,3,5,9H2. The second-order valence-electron chi connectivity index (χ2n) is 4.62. The van der Waals surface area contributed by atoms with Crippen molar-refractivity contribution in [2.45, 2.75) is 13.0 Å². The first-order valence-electron chi connectivity index (χ1n) is 6.22. The first kappa shape index (κ1) is 12.8. The van der Waals surface area contributed by atoms with Crippen LogP contribution in [0.5, 0.6) is 5.75 Å². The van der Waals surface area contributed by atoms with Gasteiger partial charge in [0, 0.05) is 23.2 Å². The van der Waals surface area contributed by atoms with E-state index in [1.165, 1.54) is 10.6 Å². The van der Waals surface area contributed by atoms with Gasteiger partial charge in [-0.2, -0.15) is 5.26 Å². The summed E-state index contributed by atoms with van der Waals surface area (Å²) in [5, 5.41) is 9.53. The Morgan fingerprint density at radius 1 is 1.45 bits per heavy atom. The van der Waals surface area contributed by atoms with Gasteiger partial charge in [-0.05, 0) is 29.8 Å². The lowest BCUT2D eigenvalue weighted by molar-refractivity contribution is 0.352. The molecule has 5 heteroatoms.